The van der Waals surface area contributed by atoms with Crippen LogP contribution in [0.1, 0.15) is 27.2 Å². The van der Waals surface area contributed by atoms with E-state index in [1.54, 1.807) is 4.90 Å². The normalized spacial score (nSPS) is 25.7. The van der Waals surface area contributed by atoms with Crippen LogP contribution in [0.4, 0.5) is 4.79 Å². The van der Waals surface area contributed by atoms with Gasteiger partial charge < -0.3 is 15.3 Å². The molecular formula is C12H22N2O3. The maximum Gasteiger partial charge on any atom is 0.317 e. The van der Waals surface area contributed by atoms with Gasteiger partial charge in [-0.2, -0.15) is 0 Å². The van der Waals surface area contributed by atoms with E-state index in [4.69, 9.17) is 5.11 Å². The molecule has 0 aromatic carbocycles. The number of amides is 2. The second-order valence-electron chi connectivity index (χ2n) is 5.03. The molecule has 2 N–H and O–H groups in total. The molecule has 5 nitrogen and oxygen atoms in total. The second kappa shape index (κ2) is 5.89. The van der Waals surface area contributed by atoms with Crippen molar-refractivity contribution in [1.82, 2.24) is 10.2 Å². The van der Waals surface area contributed by atoms with E-state index in [1.165, 1.54) is 0 Å². The first-order chi connectivity index (χ1) is 7.95. The standard InChI is InChI=1S/C12H22N2O3/c1-4-8(2)5-13-12(17)14-6-9(3)10(7-14)11(15)16/h8-10H,4-7H2,1-3H3,(H,13,17)(H,15,16). The van der Waals surface area contributed by atoms with Crippen molar-refractivity contribution in [3.05, 3.63) is 0 Å². The molecule has 0 spiro atoms. The maximum absolute atomic E-state index is 11.8. The zero-order valence-corrected chi connectivity index (χ0v) is 10.8. The highest BCUT2D eigenvalue weighted by Crippen LogP contribution is 2.22. The molecule has 0 bridgehead atoms. The number of hydrogen-bond donors (Lipinski definition) is 2. The second-order valence-corrected chi connectivity index (χ2v) is 5.03. The van der Waals surface area contributed by atoms with Gasteiger partial charge in [0.25, 0.3) is 0 Å². The first kappa shape index (κ1) is 13.8. The highest BCUT2D eigenvalue weighted by molar-refractivity contribution is 5.77. The van der Waals surface area contributed by atoms with E-state index in [0.29, 0.717) is 25.6 Å². The lowest BCUT2D eigenvalue weighted by atomic mass is 9.99. The minimum Gasteiger partial charge on any atom is -0.481 e. The molecule has 2 amide bonds. The monoisotopic (exact) mass is 242 g/mol. The molecule has 5 heteroatoms. The Morgan fingerprint density at radius 3 is 2.59 bits per heavy atom. The van der Waals surface area contributed by atoms with Gasteiger partial charge in [-0.15, -0.1) is 0 Å². The Kier molecular flexibility index (Phi) is 4.78. The smallest absolute Gasteiger partial charge is 0.317 e. The number of carboxylic acid groups (broad SMARTS) is 1. The fraction of sp³-hybridized carbons (Fsp3) is 0.833. The summed E-state index contributed by atoms with van der Waals surface area (Å²) >= 11 is 0. The van der Waals surface area contributed by atoms with Gasteiger partial charge in [0.2, 0.25) is 0 Å². The molecule has 98 valence electrons. The third-order valence-electron chi connectivity index (χ3n) is 3.52. The summed E-state index contributed by atoms with van der Waals surface area (Å²) in [6.45, 7) is 7.53. The summed E-state index contributed by atoms with van der Waals surface area (Å²) in [6.07, 6.45) is 1.02. The minimum absolute atomic E-state index is 0.0295. The van der Waals surface area contributed by atoms with Crippen LogP contribution in [0.3, 0.4) is 0 Å². The van der Waals surface area contributed by atoms with Crippen LogP contribution in [0.2, 0.25) is 0 Å². The average Bonchev–Trinajstić information content (AvgIpc) is 2.67. The Morgan fingerprint density at radius 2 is 2.12 bits per heavy atom. The molecule has 0 radical (unpaired) electrons. The summed E-state index contributed by atoms with van der Waals surface area (Å²) in [6, 6.07) is -0.138. The molecule has 0 aliphatic carbocycles. The molecule has 1 saturated heterocycles. The number of urea groups is 1. The van der Waals surface area contributed by atoms with Gasteiger partial charge in [0.1, 0.15) is 0 Å². The Labute approximate surface area is 102 Å². The summed E-state index contributed by atoms with van der Waals surface area (Å²) in [5.74, 6) is -0.754. The van der Waals surface area contributed by atoms with Crippen LogP contribution in [0.5, 0.6) is 0 Å². The van der Waals surface area contributed by atoms with Gasteiger partial charge in [-0.1, -0.05) is 27.2 Å². The van der Waals surface area contributed by atoms with Crippen LogP contribution in [0.25, 0.3) is 0 Å². The van der Waals surface area contributed by atoms with Gasteiger partial charge in [-0.3, -0.25) is 4.79 Å². The van der Waals surface area contributed by atoms with Crippen molar-refractivity contribution in [1.29, 1.82) is 0 Å². The summed E-state index contributed by atoms with van der Waals surface area (Å²) < 4.78 is 0. The lowest BCUT2D eigenvalue weighted by Crippen LogP contribution is -2.40. The highest BCUT2D eigenvalue weighted by Gasteiger charge is 2.36. The molecule has 3 atom stereocenters. The van der Waals surface area contributed by atoms with Crippen LogP contribution in [-0.4, -0.2) is 41.6 Å². The lowest BCUT2D eigenvalue weighted by molar-refractivity contribution is -0.142. The van der Waals surface area contributed by atoms with Crippen molar-refractivity contribution in [2.75, 3.05) is 19.6 Å². The number of aliphatic carboxylic acids is 1. The molecule has 1 aliphatic heterocycles. The van der Waals surface area contributed by atoms with Gasteiger partial charge in [0.15, 0.2) is 0 Å². The van der Waals surface area contributed by atoms with Crippen molar-refractivity contribution in [2.24, 2.45) is 17.8 Å². The Bertz CT molecular complexity index is 293. The van der Waals surface area contributed by atoms with E-state index in [2.05, 4.69) is 19.2 Å². The van der Waals surface area contributed by atoms with E-state index in [9.17, 15) is 9.59 Å². The maximum atomic E-state index is 11.8. The molecule has 1 fully saturated rings. The average molecular weight is 242 g/mol. The van der Waals surface area contributed by atoms with Gasteiger partial charge >= 0.3 is 12.0 Å². The van der Waals surface area contributed by atoms with E-state index in [0.717, 1.165) is 6.42 Å². The predicted molar refractivity (Wildman–Crippen MR) is 64.7 cm³/mol. The number of hydrogen-bond acceptors (Lipinski definition) is 2. The van der Waals surface area contributed by atoms with Crippen LogP contribution in [0, 0.1) is 17.8 Å². The van der Waals surface area contributed by atoms with E-state index < -0.39 is 11.9 Å². The fourth-order valence-electron chi connectivity index (χ4n) is 1.97. The number of carbonyl (C=O) groups excluding carboxylic acids is 1. The Morgan fingerprint density at radius 1 is 1.47 bits per heavy atom. The van der Waals surface area contributed by atoms with Gasteiger partial charge in [-0.25, -0.2) is 4.79 Å². The number of likely N-dealkylation sites (tertiary alicyclic amines) is 1. The summed E-state index contributed by atoms with van der Waals surface area (Å²) in [7, 11) is 0. The zero-order valence-electron chi connectivity index (χ0n) is 10.8. The van der Waals surface area contributed by atoms with Gasteiger partial charge in [0.05, 0.1) is 5.92 Å². The molecule has 3 unspecified atom stereocenters. The largest absolute Gasteiger partial charge is 0.481 e. The van der Waals surface area contributed by atoms with Gasteiger partial charge in [0, 0.05) is 19.6 Å². The lowest BCUT2D eigenvalue weighted by Gasteiger charge is -2.18. The molecule has 1 heterocycles. The molecular weight excluding hydrogens is 220 g/mol. The minimum atomic E-state index is -0.810. The Balaban J connectivity index is 2.42. The molecule has 0 aromatic heterocycles. The third-order valence-corrected chi connectivity index (χ3v) is 3.52. The van der Waals surface area contributed by atoms with Crippen LogP contribution in [0.15, 0.2) is 0 Å². The fourth-order valence-corrected chi connectivity index (χ4v) is 1.97. The van der Waals surface area contributed by atoms with Crippen molar-refractivity contribution in [2.45, 2.75) is 27.2 Å². The van der Waals surface area contributed by atoms with Crippen molar-refractivity contribution >= 4 is 12.0 Å². The van der Waals surface area contributed by atoms with E-state index in [-0.39, 0.29) is 11.9 Å². The number of nitrogens with one attached hydrogen (secondary N) is 1. The van der Waals surface area contributed by atoms with Crippen LogP contribution in [-0.2, 0) is 4.79 Å². The summed E-state index contributed by atoms with van der Waals surface area (Å²) in [5.41, 5.74) is 0. The van der Waals surface area contributed by atoms with E-state index >= 15 is 0 Å². The quantitative estimate of drug-likeness (QED) is 0.782. The van der Waals surface area contributed by atoms with Crippen LogP contribution >= 0.6 is 0 Å². The Hall–Kier alpha value is -1.26. The van der Waals surface area contributed by atoms with Crippen molar-refractivity contribution in [3.63, 3.8) is 0 Å². The number of carbonyl (C=O) groups is 2. The van der Waals surface area contributed by atoms with Gasteiger partial charge in [-0.05, 0) is 11.8 Å². The van der Waals surface area contributed by atoms with E-state index in [1.807, 2.05) is 6.92 Å². The molecule has 17 heavy (non-hydrogen) atoms. The number of carboxylic acids is 1. The van der Waals surface area contributed by atoms with Crippen molar-refractivity contribution < 1.29 is 14.7 Å². The summed E-state index contributed by atoms with van der Waals surface area (Å²) in [4.78, 5) is 24.3. The topological polar surface area (TPSA) is 69.6 Å². The molecule has 0 aromatic rings. The molecule has 0 saturated carbocycles. The summed E-state index contributed by atoms with van der Waals surface area (Å²) in [5, 5.41) is 11.8. The SMILES string of the molecule is CCC(C)CNC(=O)N1CC(C)C(C(=O)O)C1. The molecule has 1 aliphatic rings. The predicted octanol–water partition coefficient (Wildman–Crippen LogP) is 1.39. The third kappa shape index (κ3) is 3.61. The molecule has 1 rings (SSSR count). The number of rotatable bonds is 4. The first-order valence-electron chi connectivity index (χ1n) is 6.21. The van der Waals surface area contributed by atoms with Crippen LogP contribution < -0.4 is 5.32 Å². The zero-order chi connectivity index (χ0) is 13.0. The first-order valence-corrected chi connectivity index (χ1v) is 6.21. The highest BCUT2D eigenvalue weighted by atomic mass is 16.4. The number of nitrogens with zero attached hydrogens (tertiary/aromatic N) is 1. The van der Waals surface area contributed by atoms with Crippen molar-refractivity contribution in [3.8, 4) is 0 Å².